The Kier molecular flexibility index (Phi) is 5.57. The predicted molar refractivity (Wildman–Crippen MR) is 75.8 cm³/mol. The Hall–Kier alpha value is -1.82. The van der Waals surface area contributed by atoms with Gasteiger partial charge in [-0.2, -0.15) is 0 Å². The molecule has 0 unspecified atom stereocenters. The normalized spacial score (nSPS) is 10.7. The highest BCUT2D eigenvalue weighted by Crippen LogP contribution is 2.31. The van der Waals surface area contributed by atoms with E-state index < -0.39 is 4.92 Å². The molecule has 1 rings (SSSR count). The van der Waals surface area contributed by atoms with Gasteiger partial charge >= 0.3 is 0 Å². The molecule has 0 aliphatic rings. The van der Waals surface area contributed by atoms with Crippen LogP contribution in [0.4, 0.5) is 11.4 Å². The smallest absolute Gasteiger partial charge is 0.292 e. The van der Waals surface area contributed by atoms with Gasteiger partial charge in [-0.3, -0.25) is 10.1 Å². The molecule has 1 N–H and O–H groups in total. The minimum Gasteiger partial charge on any atom is -0.508 e. The molecule has 0 heterocycles. The first-order chi connectivity index (χ1) is 8.95. The Balaban J connectivity index is 3.05. The second-order valence-corrected chi connectivity index (χ2v) is 4.72. The van der Waals surface area contributed by atoms with Gasteiger partial charge in [0.05, 0.1) is 4.92 Å². The average Bonchev–Trinajstić information content (AvgIpc) is 2.33. The molecule has 0 saturated heterocycles. The van der Waals surface area contributed by atoms with Gasteiger partial charge in [0.15, 0.2) is 0 Å². The molecule has 0 saturated carbocycles. The van der Waals surface area contributed by atoms with Gasteiger partial charge in [-0.25, -0.2) is 0 Å². The highest BCUT2D eigenvalue weighted by atomic mass is 16.6. The molecular formula is C13H21N3O3. The highest BCUT2D eigenvalue weighted by Gasteiger charge is 2.19. The Bertz CT molecular complexity index is 435. The molecule has 0 aliphatic heterocycles. The minimum absolute atomic E-state index is 0.0324. The van der Waals surface area contributed by atoms with Gasteiger partial charge in [-0.15, -0.1) is 0 Å². The molecule has 0 radical (unpaired) electrons. The summed E-state index contributed by atoms with van der Waals surface area (Å²) < 4.78 is 0. The van der Waals surface area contributed by atoms with Crippen molar-refractivity contribution in [1.29, 1.82) is 0 Å². The number of nitrogens with zero attached hydrogens (tertiary/aromatic N) is 3. The first kappa shape index (κ1) is 15.2. The fourth-order valence-corrected chi connectivity index (χ4v) is 1.86. The number of hydrogen-bond acceptors (Lipinski definition) is 5. The van der Waals surface area contributed by atoms with Crippen LogP contribution >= 0.6 is 0 Å². The summed E-state index contributed by atoms with van der Waals surface area (Å²) in [6.45, 7) is 4.23. The molecule has 1 aromatic rings. The van der Waals surface area contributed by atoms with Crippen molar-refractivity contribution in [2.45, 2.75) is 13.3 Å². The van der Waals surface area contributed by atoms with Crippen molar-refractivity contribution in [2.75, 3.05) is 38.6 Å². The van der Waals surface area contributed by atoms with Crippen molar-refractivity contribution in [3.05, 3.63) is 28.3 Å². The first-order valence-electron chi connectivity index (χ1n) is 6.32. The van der Waals surface area contributed by atoms with Crippen LogP contribution in [0.1, 0.15) is 13.3 Å². The molecule has 6 heteroatoms. The number of likely N-dealkylation sites (N-methyl/N-ethyl adjacent to an activating group) is 1. The van der Waals surface area contributed by atoms with Crippen LogP contribution in [0.5, 0.6) is 5.75 Å². The largest absolute Gasteiger partial charge is 0.508 e. The van der Waals surface area contributed by atoms with Gasteiger partial charge in [-0.05, 0) is 26.6 Å². The van der Waals surface area contributed by atoms with E-state index in [1.807, 2.05) is 30.8 Å². The number of phenolic OH excluding ortho intramolecular Hbond substituents is 1. The predicted octanol–water partition coefficient (Wildman–Crippen LogP) is 2.08. The van der Waals surface area contributed by atoms with Crippen molar-refractivity contribution in [3.8, 4) is 5.75 Å². The Morgan fingerprint density at radius 2 is 1.95 bits per heavy atom. The maximum atomic E-state index is 11.1. The number of nitro benzene ring substituents is 1. The van der Waals surface area contributed by atoms with Crippen molar-refractivity contribution in [1.82, 2.24) is 4.90 Å². The number of anilines is 1. The van der Waals surface area contributed by atoms with Crippen molar-refractivity contribution < 1.29 is 10.0 Å². The van der Waals surface area contributed by atoms with Crippen LogP contribution in [0, 0.1) is 10.1 Å². The van der Waals surface area contributed by atoms with E-state index in [2.05, 4.69) is 0 Å². The van der Waals surface area contributed by atoms with Gasteiger partial charge < -0.3 is 14.9 Å². The molecule has 0 amide bonds. The summed E-state index contributed by atoms with van der Waals surface area (Å²) >= 11 is 0. The molecule has 0 bridgehead atoms. The quantitative estimate of drug-likeness (QED) is 0.605. The van der Waals surface area contributed by atoms with E-state index >= 15 is 0 Å². The SMILES string of the molecule is CCCN(CCN(C)C)c1cc(O)ccc1[N+](=O)[O-]. The molecule has 0 atom stereocenters. The van der Waals surface area contributed by atoms with Crippen LogP contribution in [0.3, 0.4) is 0 Å². The van der Waals surface area contributed by atoms with Crippen LogP contribution < -0.4 is 4.90 Å². The van der Waals surface area contributed by atoms with Crippen LogP contribution in [-0.2, 0) is 0 Å². The number of benzene rings is 1. The summed E-state index contributed by atoms with van der Waals surface area (Å²) in [7, 11) is 3.92. The van der Waals surface area contributed by atoms with E-state index in [0.29, 0.717) is 12.2 Å². The standard InChI is InChI=1S/C13H21N3O3/c1-4-7-15(9-8-14(2)3)13-10-11(17)5-6-12(13)16(18)19/h5-6,10,17H,4,7-9H2,1-3H3. The number of phenols is 1. The summed E-state index contributed by atoms with van der Waals surface area (Å²) in [6.07, 6.45) is 0.889. The van der Waals surface area contributed by atoms with Gasteiger partial charge in [0, 0.05) is 31.8 Å². The van der Waals surface area contributed by atoms with E-state index in [-0.39, 0.29) is 11.4 Å². The van der Waals surface area contributed by atoms with Crippen LogP contribution in [0.15, 0.2) is 18.2 Å². The monoisotopic (exact) mass is 267 g/mol. The molecule has 6 nitrogen and oxygen atoms in total. The van der Waals surface area contributed by atoms with Gasteiger partial charge in [0.1, 0.15) is 11.4 Å². The lowest BCUT2D eigenvalue weighted by Crippen LogP contribution is -2.32. The van der Waals surface area contributed by atoms with Crippen molar-refractivity contribution >= 4 is 11.4 Å². The van der Waals surface area contributed by atoms with E-state index in [1.54, 1.807) is 0 Å². The lowest BCUT2D eigenvalue weighted by molar-refractivity contribution is -0.384. The fraction of sp³-hybridized carbons (Fsp3) is 0.538. The van der Waals surface area contributed by atoms with Crippen LogP contribution in [0.25, 0.3) is 0 Å². The molecule has 0 aromatic heterocycles. The Morgan fingerprint density at radius 3 is 2.47 bits per heavy atom. The Morgan fingerprint density at radius 1 is 1.26 bits per heavy atom. The van der Waals surface area contributed by atoms with E-state index in [0.717, 1.165) is 19.5 Å². The van der Waals surface area contributed by atoms with Gasteiger partial charge in [0.25, 0.3) is 5.69 Å². The van der Waals surface area contributed by atoms with E-state index in [9.17, 15) is 15.2 Å². The first-order valence-corrected chi connectivity index (χ1v) is 6.32. The fourth-order valence-electron chi connectivity index (χ4n) is 1.86. The summed E-state index contributed by atoms with van der Waals surface area (Å²) in [5, 5.41) is 20.6. The number of rotatable bonds is 7. The maximum absolute atomic E-state index is 11.1. The second-order valence-electron chi connectivity index (χ2n) is 4.72. The highest BCUT2D eigenvalue weighted by molar-refractivity contribution is 5.65. The number of nitro groups is 1. The summed E-state index contributed by atoms with van der Waals surface area (Å²) in [5.74, 6) is 0.0477. The third kappa shape index (κ3) is 4.40. The average molecular weight is 267 g/mol. The van der Waals surface area contributed by atoms with Crippen molar-refractivity contribution in [2.24, 2.45) is 0 Å². The van der Waals surface area contributed by atoms with Gasteiger partial charge in [-0.1, -0.05) is 6.92 Å². The molecular weight excluding hydrogens is 246 g/mol. The van der Waals surface area contributed by atoms with Crippen molar-refractivity contribution in [3.63, 3.8) is 0 Å². The zero-order valence-electron chi connectivity index (χ0n) is 11.7. The van der Waals surface area contributed by atoms with Gasteiger partial charge in [0.2, 0.25) is 0 Å². The molecule has 19 heavy (non-hydrogen) atoms. The molecule has 0 spiro atoms. The third-order valence-electron chi connectivity index (χ3n) is 2.81. The molecule has 106 valence electrons. The maximum Gasteiger partial charge on any atom is 0.292 e. The number of aromatic hydroxyl groups is 1. The summed E-state index contributed by atoms with van der Waals surface area (Å²) in [4.78, 5) is 14.6. The molecule has 0 aliphatic carbocycles. The van der Waals surface area contributed by atoms with Crippen LogP contribution in [-0.4, -0.2) is 48.7 Å². The summed E-state index contributed by atoms with van der Waals surface area (Å²) in [6, 6.07) is 4.16. The van der Waals surface area contributed by atoms with E-state index in [4.69, 9.17) is 0 Å². The number of hydrogen-bond donors (Lipinski definition) is 1. The lowest BCUT2D eigenvalue weighted by Gasteiger charge is -2.25. The molecule has 0 fully saturated rings. The topological polar surface area (TPSA) is 69.8 Å². The Labute approximate surface area is 113 Å². The third-order valence-corrected chi connectivity index (χ3v) is 2.81. The zero-order chi connectivity index (χ0) is 14.4. The second kappa shape index (κ2) is 6.94. The molecule has 1 aromatic carbocycles. The zero-order valence-corrected chi connectivity index (χ0v) is 11.7. The van der Waals surface area contributed by atoms with E-state index in [1.165, 1.54) is 18.2 Å². The summed E-state index contributed by atoms with van der Waals surface area (Å²) in [5.41, 5.74) is 0.513. The van der Waals surface area contributed by atoms with Crippen LogP contribution in [0.2, 0.25) is 0 Å². The lowest BCUT2D eigenvalue weighted by atomic mass is 10.2. The minimum atomic E-state index is -0.410.